The molecule has 2 heterocycles. The Morgan fingerprint density at radius 3 is 2.84 bits per heavy atom. The van der Waals surface area contributed by atoms with Gasteiger partial charge in [0.25, 0.3) is 0 Å². The van der Waals surface area contributed by atoms with Gasteiger partial charge in [0.1, 0.15) is 0 Å². The lowest BCUT2D eigenvalue weighted by atomic mass is 9.99. The summed E-state index contributed by atoms with van der Waals surface area (Å²) >= 11 is 8.02. The molecule has 4 heteroatoms. The van der Waals surface area contributed by atoms with Crippen LogP contribution in [0.2, 0.25) is 5.02 Å². The van der Waals surface area contributed by atoms with E-state index in [4.69, 9.17) is 11.6 Å². The van der Waals surface area contributed by atoms with Crippen molar-refractivity contribution in [2.45, 2.75) is 32.7 Å². The Hall–Kier alpha value is -0.900. The van der Waals surface area contributed by atoms with E-state index in [9.17, 15) is 0 Å². The number of aromatic nitrogens is 1. The molecule has 0 aliphatic rings. The molecule has 2 aromatic rings. The van der Waals surface area contributed by atoms with Crippen LogP contribution in [0.25, 0.3) is 0 Å². The number of rotatable bonds is 6. The lowest BCUT2D eigenvalue weighted by Crippen LogP contribution is -2.23. The molecule has 2 nitrogen and oxygen atoms in total. The molecule has 2 rings (SSSR count). The van der Waals surface area contributed by atoms with Gasteiger partial charge in [-0.25, -0.2) is 0 Å². The van der Waals surface area contributed by atoms with E-state index in [0.717, 1.165) is 24.4 Å². The molecular formula is C15H19ClN2S. The minimum Gasteiger partial charge on any atom is -0.306 e. The predicted molar refractivity (Wildman–Crippen MR) is 83.1 cm³/mol. The van der Waals surface area contributed by atoms with Crippen LogP contribution in [0.15, 0.2) is 29.9 Å². The normalized spacial score (nSPS) is 12.6. The smallest absolute Gasteiger partial charge is 0.0689 e. The summed E-state index contributed by atoms with van der Waals surface area (Å²) in [6.07, 6.45) is 5.90. The molecule has 102 valence electrons. The summed E-state index contributed by atoms with van der Waals surface area (Å²) in [4.78, 5) is 5.42. The van der Waals surface area contributed by atoms with Crippen LogP contribution in [-0.4, -0.2) is 11.5 Å². The third-order valence-corrected chi connectivity index (χ3v) is 4.56. The van der Waals surface area contributed by atoms with Gasteiger partial charge in [0.2, 0.25) is 0 Å². The number of hydrogen-bond acceptors (Lipinski definition) is 3. The molecule has 0 aliphatic carbocycles. The van der Waals surface area contributed by atoms with Crippen molar-refractivity contribution in [1.29, 1.82) is 0 Å². The lowest BCUT2D eigenvalue weighted by molar-refractivity contribution is 0.601. The van der Waals surface area contributed by atoms with E-state index in [2.05, 4.69) is 30.2 Å². The first kappa shape index (κ1) is 14.5. The Morgan fingerprint density at radius 2 is 2.21 bits per heavy atom. The molecule has 19 heavy (non-hydrogen) atoms. The Bertz CT molecular complexity index is 524. The molecule has 1 N–H and O–H groups in total. The molecule has 0 saturated heterocycles. The Morgan fingerprint density at radius 1 is 1.37 bits per heavy atom. The Balaban J connectivity index is 2.40. The fraction of sp³-hybridized carbons (Fsp3) is 0.400. The number of thiophene rings is 1. The van der Waals surface area contributed by atoms with Crippen LogP contribution in [0.5, 0.6) is 0 Å². The van der Waals surface area contributed by atoms with Crippen molar-refractivity contribution >= 4 is 22.9 Å². The van der Waals surface area contributed by atoms with Crippen molar-refractivity contribution in [3.05, 3.63) is 50.9 Å². The summed E-state index contributed by atoms with van der Waals surface area (Å²) < 4.78 is 0. The highest BCUT2D eigenvalue weighted by atomic mass is 35.5. The largest absolute Gasteiger partial charge is 0.306 e. The molecule has 0 bridgehead atoms. The number of nitrogens with zero attached hydrogens (tertiary/aromatic N) is 1. The molecule has 1 unspecified atom stereocenters. The van der Waals surface area contributed by atoms with Crippen LogP contribution in [0.4, 0.5) is 0 Å². The second-order valence-electron chi connectivity index (χ2n) is 4.45. The van der Waals surface area contributed by atoms with Gasteiger partial charge in [-0.05, 0) is 48.0 Å². The molecule has 0 fully saturated rings. The maximum atomic E-state index is 6.31. The minimum atomic E-state index is 0.172. The molecule has 0 amide bonds. The van der Waals surface area contributed by atoms with E-state index in [1.165, 1.54) is 16.0 Å². The second-order valence-corrected chi connectivity index (χ2v) is 5.80. The van der Waals surface area contributed by atoms with Crippen molar-refractivity contribution in [2.24, 2.45) is 0 Å². The predicted octanol–water partition coefficient (Wildman–Crippen LogP) is 4.45. The lowest BCUT2D eigenvalue weighted by Gasteiger charge is -2.20. The average Bonchev–Trinajstić information content (AvgIpc) is 2.86. The van der Waals surface area contributed by atoms with Gasteiger partial charge in [0.15, 0.2) is 0 Å². The van der Waals surface area contributed by atoms with Gasteiger partial charge in [-0.15, -0.1) is 11.3 Å². The highest BCUT2D eigenvalue weighted by molar-refractivity contribution is 7.10. The molecule has 1 atom stereocenters. The topological polar surface area (TPSA) is 24.9 Å². The summed E-state index contributed by atoms with van der Waals surface area (Å²) in [5.41, 5.74) is 2.57. The van der Waals surface area contributed by atoms with Crippen LogP contribution < -0.4 is 5.32 Å². The molecular weight excluding hydrogens is 276 g/mol. The summed E-state index contributed by atoms with van der Waals surface area (Å²) in [6.45, 7) is 5.31. The highest BCUT2D eigenvalue weighted by Crippen LogP contribution is 2.34. The quantitative estimate of drug-likeness (QED) is 0.851. The van der Waals surface area contributed by atoms with Crippen molar-refractivity contribution < 1.29 is 0 Å². The van der Waals surface area contributed by atoms with Crippen LogP contribution in [0.3, 0.4) is 0 Å². The van der Waals surface area contributed by atoms with E-state index in [0.29, 0.717) is 0 Å². The third kappa shape index (κ3) is 3.35. The first-order valence-corrected chi connectivity index (χ1v) is 7.92. The van der Waals surface area contributed by atoms with E-state index in [1.807, 2.05) is 23.8 Å². The van der Waals surface area contributed by atoms with Gasteiger partial charge in [-0.1, -0.05) is 25.4 Å². The van der Waals surface area contributed by atoms with Gasteiger partial charge in [0.05, 0.1) is 11.1 Å². The number of pyridine rings is 1. The van der Waals surface area contributed by atoms with Crippen molar-refractivity contribution in [3.63, 3.8) is 0 Å². The molecule has 2 aromatic heterocycles. The van der Waals surface area contributed by atoms with E-state index in [1.54, 1.807) is 11.3 Å². The van der Waals surface area contributed by atoms with Crippen LogP contribution in [0.1, 0.15) is 42.3 Å². The third-order valence-electron chi connectivity index (χ3n) is 3.14. The molecule has 0 radical (unpaired) electrons. The number of nitrogens with one attached hydrogen (secondary N) is 1. The molecule has 0 saturated carbocycles. The zero-order chi connectivity index (χ0) is 13.7. The van der Waals surface area contributed by atoms with Gasteiger partial charge in [0, 0.05) is 17.3 Å². The summed E-state index contributed by atoms with van der Waals surface area (Å²) in [6, 6.07) is 4.24. The monoisotopic (exact) mass is 294 g/mol. The number of aryl methyl sites for hydroxylation is 1. The van der Waals surface area contributed by atoms with Gasteiger partial charge < -0.3 is 5.32 Å². The van der Waals surface area contributed by atoms with E-state index >= 15 is 0 Å². The number of hydrogen-bond donors (Lipinski definition) is 1. The second kappa shape index (κ2) is 7.04. The fourth-order valence-electron chi connectivity index (χ4n) is 2.16. The average molecular weight is 295 g/mol. The fourth-order valence-corrected chi connectivity index (χ4v) is 3.42. The van der Waals surface area contributed by atoms with Gasteiger partial charge in [-0.2, -0.15) is 0 Å². The maximum Gasteiger partial charge on any atom is 0.0689 e. The van der Waals surface area contributed by atoms with Crippen LogP contribution in [0, 0.1) is 0 Å². The van der Waals surface area contributed by atoms with E-state index in [-0.39, 0.29) is 6.04 Å². The summed E-state index contributed by atoms with van der Waals surface area (Å²) in [5.74, 6) is 0. The molecule has 0 spiro atoms. The van der Waals surface area contributed by atoms with Crippen molar-refractivity contribution in [1.82, 2.24) is 10.3 Å². The zero-order valence-electron chi connectivity index (χ0n) is 11.3. The first-order chi connectivity index (χ1) is 9.27. The van der Waals surface area contributed by atoms with Gasteiger partial charge >= 0.3 is 0 Å². The highest BCUT2D eigenvalue weighted by Gasteiger charge is 2.19. The van der Waals surface area contributed by atoms with Crippen LogP contribution >= 0.6 is 22.9 Å². The summed E-state index contributed by atoms with van der Waals surface area (Å²) in [7, 11) is 0. The van der Waals surface area contributed by atoms with E-state index < -0.39 is 0 Å². The van der Waals surface area contributed by atoms with Crippen molar-refractivity contribution in [3.8, 4) is 0 Å². The minimum absolute atomic E-state index is 0.172. The molecule has 0 aliphatic heterocycles. The standard InChI is InChI=1S/C15H19ClN2S/c1-3-7-18-14(15-13(16)6-9-19-15)12-5-8-17-10-11(12)4-2/h5-6,8-10,14,18H,3-4,7H2,1-2H3. The Labute approximate surface area is 123 Å². The van der Waals surface area contributed by atoms with Crippen molar-refractivity contribution in [2.75, 3.05) is 6.54 Å². The summed E-state index contributed by atoms with van der Waals surface area (Å²) in [5, 5.41) is 6.49. The number of halogens is 1. The molecule has 0 aromatic carbocycles. The first-order valence-electron chi connectivity index (χ1n) is 6.67. The van der Waals surface area contributed by atoms with Crippen LogP contribution in [-0.2, 0) is 6.42 Å². The zero-order valence-corrected chi connectivity index (χ0v) is 12.9. The Kier molecular flexibility index (Phi) is 5.37. The van der Waals surface area contributed by atoms with Gasteiger partial charge in [-0.3, -0.25) is 4.98 Å². The maximum absolute atomic E-state index is 6.31. The SMILES string of the molecule is CCCNC(c1ccncc1CC)c1sccc1Cl.